The zero-order valence-electron chi connectivity index (χ0n) is 12.8. The van der Waals surface area contributed by atoms with Crippen molar-refractivity contribution in [2.24, 2.45) is 5.92 Å². The van der Waals surface area contributed by atoms with Crippen LogP contribution in [0.25, 0.3) is 0 Å². The highest BCUT2D eigenvalue weighted by Gasteiger charge is 2.25. The number of anilines is 1. The Hall–Kier alpha value is -1.14. The highest BCUT2D eigenvalue weighted by atomic mass is 32.2. The fourth-order valence-electron chi connectivity index (χ4n) is 2.80. The second-order valence-corrected chi connectivity index (χ2v) is 7.37. The molecule has 0 spiro atoms. The average Bonchev–Trinajstić information content (AvgIpc) is 2.48. The van der Waals surface area contributed by atoms with Crippen LogP contribution in [0.2, 0.25) is 0 Å². The van der Waals surface area contributed by atoms with Crippen molar-refractivity contribution >= 4 is 15.8 Å². The predicted molar refractivity (Wildman–Crippen MR) is 84.8 cm³/mol. The fourth-order valence-corrected chi connectivity index (χ4v) is 4.05. The summed E-state index contributed by atoms with van der Waals surface area (Å²) in [7, 11) is -3.46. The fraction of sp³-hybridized carbons (Fsp3) is 0.667. The van der Waals surface area contributed by atoms with E-state index in [0.717, 1.165) is 38.1 Å². The van der Waals surface area contributed by atoms with Gasteiger partial charge in [0.15, 0.2) is 0 Å². The molecule has 1 aromatic heterocycles. The molecule has 0 aromatic carbocycles. The van der Waals surface area contributed by atoms with Gasteiger partial charge in [-0.1, -0.05) is 13.3 Å². The van der Waals surface area contributed by atoms with Crippen LogP contribution in [0.4, 0.5) is 5.82 Å². The van der Waals surface area contributed by atoms with E-state index < -0.39 is 10.0 Å². The van der Waals surface area contributed by atoms with E-state index in [1.807, 2.05) is 6.92 Å². The molecule has 0 aliphatic heterocycles. The Morgan fingerprint density at radius 1 is 1.19 bits per heavy atom. The van der Waals surface area contributed by atoms with Crippen molar-refractivity contribution in [3.63, 3.8) is 0 Å². The second-order valence-electron chi connectivity index (χ2n) is 5.66. The van der Waals surface area contributed by atoms with Crippen LogP contribution in [0.3, 0.4) is 0 Å². The van der Waals surface area contributed by atoms with E-state index in [1.165, 1.54) is 12.6 Å². The van der Waals surface area contributed by atoms with Crippen LogP contribution < -0.4 is 10.0 Å². The minimum Gasteiger partial charge on any atom is -0.370 e. The van der Waals surface area contributed by atoms with Crippen molar-refractivity contribution in [3.8, 4) is 0 Å². The lowest BCUT2D eigenvalue weighted by molar-refractivity contribution is 0.306. The third-order valence-corrected chi connectivity index (χ3v) is 5.66. The molecule has 118 valence electrons. The molecule has 1 saturated carbocycles. The summed E-state index contributed by atoms with van der Waals surface area (Å²) < 4.78 is 27.5. The third kappa shape index (κ3) is 4.41. The summed E-state index contributed by atoms with van der Waals surface area (Å²) in [5.74, 6) is 1.45. The van der Waals surface area contributed by atoms with Crippen LogP contribution in [0.5, 0.6) is 0 Å². The topological polar surface area (TPSA) is 71.1 Å². The quantitative estimate of drug-likeness (QED) is 0.847. The third-order valence-electron chi connectivity index (χ3n) is 4.15. The number of sulfonamides is 1. The van der Waals surface area contributed by atoms with E-state index in [1.54, 1.807) is 12.1 Å². The molecular formula is C15H25N3O2S. The van der Waals surface area contributed by atoms with Gasteiger partial charge in [-0.25, -0.2) is 18.1 Å². The van der Waals surface area contributed by atoms with E-state index in [2.05, 4.69) is 21.9 Å². The maximum Gasteiger partial charge on any atom is 0.242 e. The molecular weight excluding hydrogens is 286 g/mol. The molecule has 0 amide bonds. The first kappa shape index (κ1) is 16.2. The van der Waals surface area contributed by atoms with Crippen LogP contribution >= 0.6 is 0 Å². The zero-order chi connectivity index (χ0) is 15.3. The smallest absolute Gasteiger partial charge is 0.242 e. The lowest BCUT2D eigenvalue weighted by Crippen LogP contribution is -2.37. The van der Waals surface area contributed by atoms with Gasteiger partial charge in [0, 0.05) is 18.8 Å². The molecule has 0 radical (unpaired) electrons. The van der Waals surface area contributed by atoms with Gasteiger partial charge in [0.2, 0.25) is 10.0 Å². The number of nitrogens with one attached hydrogen (secondary N) is 2. The molecule has 2 N–H and O–H groups in total. The first-order chi connectivity index (χ1) is 10.0. The van der Waals surface area contributed by atoms with Crippen molar-refractivity contribution in [2.45, 2.75) is 56.9 Å². The molecule has 2 rings (SSSR count). The summed E-state index contributed by atoms with van der Waals surface area (Å²) in [6, 6.07) is 3.36. The van der Waals surface area contributed by atoms with Crippen LogP contribution in [0.1, 0.15) is 46.0 Å². The van der Waals surface area contributed by atoms with Gasteiger partial charge in [-0.15, -0.1) is 0 Å². The van der Waals surface area contributed by atoms with Gasteiger partial charge in [0.25, 0.3) is 0 Å². The van der Waals surface area contributed by atoms with Crippen molar-refractivity contribution in [1.82, 2.24) is 9.71 Å². The van der Waals surface area contributed by atoms with Crippen LogP contribution in [0.15, 0.2) is 23.2 Å². The molecule has 1 fully saturated rings. The maximum absolute atomic E-state index is 12.3. The van der Waals surface area contributed by atoms with Gasteiger partial charge in [-0.05, 0) is 50.7 Å². The minimum atomic E-state index is -3.46. The van der Waals surface area contributed by atoms with Crippen molar-refractivity contribution < 1.29 is 8.42 Å². The highest BCUT2D eigenvalue weighted by Crippen LogP contribution is 2.27. The van der Waals surface area contributed by atoms with Crippen LogP contribution in [-0.4, -0.2) is 26.0 Å². The standard InChI is InChI=1S/C15H25N3O2S/c1-3-12-5-7-13(8-6-12)18-21(19,20)14-9-10-15(16-4-2)17-11-14/h9-13,18H,3-8H2,1-2H3,(H,16,17). The average molecular weight is 311 g/mol. The van der Waals surface area contributed by atoms with Gasteiger partial charge >= 0.3 is 0 Å². The summed E-state index contributed by atoms with van der Waals surface area (Å²) in [5.41, 5.74) is 0. The molecule has 0 unspecified atom stereocenters. The van der Waals surface area contributed by atoms with Gasteiger partial charge in [0.05, 0.1) is 0 Å². The van der Waals surface area contributed by atoms with E-state index in [9.17, 15) is 8.42 Å². The van der Waals surface area contributed by atoms with Crippen LogP contribution in [0, 0.1) is 5.92 Å². The monoisotopic (exact) mass is 311 g/mol. The molecule has 0 saturated heterocycles. The Morgan fingerprint density at radius 2 is 1.90 bits per heavy atom. The Bertz CT molecular complexity index is 535. The van der Waals surface area contributed by atoms with Gasteiger partial charge < -0.3 is 5.32 Å². The van der Waals surface area contributed by atoms with Crippen molar-refractivity contribution in [3.05, 3.63) is 18.3 Å². The number of hydrogen-bond donors (Lipinski definition) is 2. The van der Waals surface area contributed by atoms with E-state index in [-0.39, 0.29) is 10.9 Å². The number of hydrogen-bond acceptors (Lipinski definition) is 4. The lowest BCUT2D eigenvalue weighted by Gasteiger charge is -2.28. The SMILES string of the molecule is CCNc1ccc(S(=O)(=O)NC2CCC(CC)CC2)cn1. The molecule has 1 aromatic rings. The van der Waals surface area contributed by atoms with E-state index in [4.69, 9.17) is 0 Å². The Balaban J connectivity index is 1.98. The Kier molecular flexibility index (Phi) is 5.58. The van der Waals surface area contributed by atoms with Crippen LogP contribution in [-0.2, 0) is 10.0 Å². The van der Waals surface area contributed by atoms with Crippen molar-refractivity contribution in [2.75, 3.05) is 11.9 Å². The van der Waals surface area contributed by atoms with Crippen molar-refractivity contribution in [1.29, 1.82) is 0 Å². The molecule has 1 heterocycles. The van der Waals surface area contributed by atoms with Gasteiger partial charge in [-0.2, -0.15) is 0 Å². The molecule has 21 heavy (non-hydrogen) atoms. The van der Waals surface area contributed by atoms with Gasteiger partial charge in [0.1, 0.15) is 10.7 Å². The maximum atomic E-state index is 12.3. The van der Waals surface area contributed by atoms with E-state index in [0.29, 0.717) is 5.82 Å². The number of aromatic nitrogens is 1. The molecule has 5 nitrogen and oxygen atoms in total. The van der Waals surface area contributed by atoms with E-state index >= 15 is 0 Å². The molecule has 1 aliphatic rings. The number of rotatable bonds is 6. The number of nitrogens with zero attached hydrogens (tertiary/aromatic N) is 1. The summed E-state index contributed by atoms with van der Waals surface area (Å²) in [6.45, 7) is 4.94. The molecule has 0 bridgehead atoms. The zero-order valence-corrected chi connectivity index (χ0v) is 13.6. The minimum absolute atomic E-state index is 0.0613. The molecule has 0 atom stereocenters. The highest BCUT2D eigenvalue weighted by molar-refractivity contribution is 7.89. The lowest BCUT2D eigenvalue weighted by atomic mass is 9.85. The molecule has 6 heteroatoms. The second kappa shape index (κ2) is 7.22. The Labute approximate surface area is 127 Å². The van der Waals surface area contributed by atoms with Gasteiger partial charge in [-0.3, -0.25) is 0 Å². The summed E-state index contributed by atoms with van der Waals surface area (Å²) >= 11 is 0. The summed E-state index contributed by atoms with van der Waals surface area (Å²) in [4.78, 5) is 4.36. The first-order valence-corrected chi connectivity index (χ1v) is 9.25. The predicted octanol–water partition coefficient (Wildman–Crippen LogP) is 2.76. The Morgan fingerprint density at radius 3 is 2.43 bits per heavy atom. The normalized spacial score (nSPS) is 23.0. The number of pyridine rings is 1. The summed E-state index contributed by atoms with van der Waals surface area (Å²) in [5, 5.41) is 3.05. The summed E-state index contributed by atoms with van der Waals surface area (Å²) in [6.07, 6.45) is 6.69. The first-order valence-electron chi connectivity index (χ1n) is 7.77. The largest absolute Gasteiger partial charge is 0.370 e. The molecule has 1 aliphatic carbocycles.